The molecule has 1 atom stereocenters. The molecule has 1 heterocycles. The molecule has 1 amide bonds. The lowest BCUT2D eigenvalue weighted by Crippen LogP contribution is -2.44. The summed E-state index contributed by atoms with van der Waals surface area (Å²) in [5.74, 6) is 0.242. The van der Waals surface area contributed by atoms with Crippen LogP contribution in [0.25, 0.3) is 0 Å². The third kappa shape index (κ3) is 4.27. The van der Waals surface area contributed by atoms with Crippen molar-refractivity contribution in [3.63, 3.8) is 0 Å². The summed E-state index contributed by atoms with van der Waals surface area (Å²) < 4.78 is 13.3. The van der Waals surface area contributed by atoms with E-state index in [1.165, 1.54) is 6.07 Å². The van der Waals surface area contributed by atoms with Gasteiger partial charge in [0.05, 0.1) is 0 Å². The van der Waals surface area contributed by atoms with Gasteiger partial charge < -0.3 is 10.2 Å². The van der Waals surface area contributed by atoms with E-state index in [0.717, 1.165) is 17.8 Å². The lowest BCUT2D eigenvalue weighted by atomic mass is 9.99. The lowest BCUT2D eigenvalue weighted by molar-refractivity contribution is -0.119. The zero-order valence-corrected chi connectivity index (χ0v) is 13.4. The molecule has 0 spiro atoms. The van der Waals surface area contributed by atoms with Gasteiger partial charge in [-0.25, -0.2) is 4.39 Å². The first-order valence-corrected chi connectivity index (χ1v) is 7.60. The van der Waals surface area contributed by atoms with Crippen molar-refractivity contribution in [3.8, 4) is 0 Å². The monoisotopic (exact) mass is 292 g/mol. The van der Waals surface area contributed by atoms with Crippen LogP contribution in [-0.2, 0) is 11.2 Å². The fourth-order valence-electron chi connectivity index (χ4n) is 2.59. The Morgan fingerprint density at radius 3 is 2.71 bits per heavy atom. The minimum atomic E-state index is -0.231. The first-order chi connectivity index (χ1) is 9.76. The summed E-state index contributed by atoms with van der Waals surface area (Å²) in [6, 6.07) is 4.71. The third-order valence-electron chi connectivity index (χ3n) is 3.72. The van der Waals surface area contributed by atoms with Crippen LogP contribution in [0.2, 0.25) is 0 Å². The molecule has 0 aliphatic carbocycles. The summed E-state index contributed by atoms with van der Waals surface area (Å²) in [4.78, 5) is 14.0. The number of nitrogens with one attached hydrogen (secondary N) is 1. The second-order valence-electron chi connectivity index (χ2n) is 7.01. The molecule has 1 aliphatic rings. The molecule has 0 saturated heterocycles. The minimum Gasteiger partial charge on any atom is -0.312 e. The molecule has 1 N–H and O–H groups in total. The summed E-state index contributed by atoms with van der Waals surface area (Å²) in [6.07, 6.45) is 1.10. The first kappa shape index (κ1) is 16.0. The zero-order chi connectivity index (χ0) is 15.6. The SMILES string of the molecule is CC(CNC(C)(C)C)CN1C(=O)CCc2cc(F)ccc21. The van der Waals surface area contributed by atoms with Gasteiger partial charge in [0.2, 0.25) is 5.91 Å². The maximum absolute atomic E-state index is 13.3. The molecular formula is C17H25FN2O. The number of anilines is 1. The number of hydrogen-bond donors (Lipinski definition) is 1. The van der Waals surface area contributed by atoms with E-state index in [9.17, 15) is 9.18 Å². The second-order valence-corrected chi connectivity index (χ2v) is 7.01. The number of carbonyl (C=O) groups is 1. The molecule has 1 aromatic rings. The number of halogens is 1. The van der Waals surface area contributed by atoms with Crippen molar-refractivity contribution in [2.24, 2.45) is 5.92 Å². The van der Waals surface area contributed by atoms with E-state index in [1.807, 2.05) is 4.90 Å². The maximum Gasteiger partial charge on any atom is 0.227 e. The van der Waals surface area contributed by atoms with E-state index >= 15 is 0 Å². The molecule has 0 bridgehead atoms. The normalized spacial score (nSPS) is 16.8. The van der Waals surface area contributed by atoms with Crippen molar-refractivity contribution >= 4 is 11.6 Å². The number of carbonyl (C=O) groups excluding carboxylic acids is 1. The Morgan fingerprint density at radius 2 is 2.05 bits per heavy atom. The third-order valence-corrected chi connectivity index (χ3v) is 3.72. The molecule has 4 heteroatoms. The van der Waals surface area contributed by atoms with Crippen LogP contribution in [-0.4, -0.2) is 24.5 Å². The van der Waals surface area contributed by atoms with Gasteiger partial charge in [-0.05, 0) is 63.4 Å². The van der Waals surface area contributed by atoms with Crippen molar-refractivity contribution in [1.82, 2.24) is 5.32 Å². The van der Waals surface area contributed by atoms with Crippen molar-refractivity contribution in [2.45, 2.75) is 46.1 Å². The first-order valence-electron chi connectivity index (χ1n) is 7.60. The fraction of sp³-hybridized carbons (Fsp3) is 0.588. The van der Waals surface area contributed by atoms with E-state index < -0.39 is 0 Å². The Morgan fingerprint density at radius 1 is 1.33 bits per heavy atom. The van der Waals surface area contributed by atoms with Gasteiger partial charge in [0.15, 0.2) is 0 Å². The summed E-state index contributed by atoms with van der Waals surface area (Å²) in [5.41, 5.74) is 1.88. The van der Waals surface area contributed by atoms with Crippen LogP contribution >= 0.6 is 0 Å². The van der Waals surface area contributed by atoms with Crippen LogP contribution < -0.4 is 10.2 Å². The summed E-state index contributed by atoms with van der Waals surface area (Å²) >= 11 is 0. The Labute approximate surface area is 126 Å². The average molecular weight is 292 g/mol. The van der Waals surface area contributed by atoms with E-state index in [0.29, 0.717) is 25.3 Å². The quantitative estimate of drug-likeness (QED) is 0.924. The number of benzene rings is 1. The second kappa shape index (κ2) is 6.14. The van der Waals surface area contributed by atoms with E-state index in [4.69, 9.17) is 0 Å². The van der Waals surface area contributed by atoms with Crippen molar-refractivity contribution in [2.75, 3.05) is 18.0 Å². The topological polar surface area (TPSA) is 32.3 Å². The molecule has 0 saturated carbocycles. The molecule has 2 rings (SSSR count). The van der Waals surface area contributed by atoms with Crippen LogP contribution in [0.3, 0.4) is 0 Å². The van der Waals surface area contributed by atoms with Crippen LogP contribution in [0, 0.1) is 11.7 Å². The largest absolute Gasteiger partial charge is 0.312 e. The molecule has 0 radical (unpaired) electrons. The molecule has 1 aliphatic heterocycles. The van der Waals surface area contributed by atoms with Gasteiger partial charge in [0, 0.05) is 24.2 Å². The van der Waals surface area contributed by atoms with Crippen LogP contribution in [0.15, 0.2) is 18.2 Å². The Balaban J connectivity index is 2.07. The molecule has 1 unspecified atom stereocenters. The number of rotatable bonds is 4. The number of fused-ring (bicyclic) bond motifs is 1. The van der Waals surface area contributed by atoms with E-state index in [1.54, 1.807) is 12.1 Å². The molecule has 21 heavy (non-hydrogen) atoms. The van der Waals surface area contributed by atoms with Crippen molar-refractivity contribution in [3.05, 3.63) is 29.6 Å². The van der Waals surface area contributed by atoms with Crippen molar-refractivity contribution in [1.29, 1.82) is 0 Å². The van der Waals surface area contributed by atoms with Gasteiger partial charge in [0.1, 0.15) is 5.82 Å². The number of aryl methyl sites for hydroxylation is 1. The molecule has 0 fully saturated rings. The Kier molecular flexibility index (Phi) is 4.67. The molecule has 1 aromatic carbocycles. The Hall–Kier alpha value is -1.42. The van der Waals surface area contributed by atoms with Crippen LogP contribution in [0.5, 0.6) is 0 Å². The highest BCUT2D eigenvalue weighted by Gasteiger charge is 2.26. The van der Waals surface area contributed by atoms with Gasteiger partial charge in [-0.15, -0.1) is 0 Å². The highest BCUT2D eigenvalue weighted by Crippen LogP contribution is 2.29. The Bertz CT molecular complexity index is 522. The summed E-state index contributed by atoms with van der Waals surface area (Å²) in [7, 11) is 0. The molecule has 3 nitrogen and oxygen atoms in total. The predicted molar refractivity (Wildman–Crippen MR) is 84.0 cm³/mol. The lowest BCUT2D eigenvalue weighted by Gasteiger charge is -2.32. The number of hydrogen-bond acceptors (Lipinski definition) is 2. The molecular weight excluding hydrogens is 267 g/mol. The highest BCUT2D eigenvalue weighted by atomic mass is 19.1. The minimum absolute atomic E-state index is 0.0706. The number of nitrogens with zero attached hydrogens (tertiary/aromatic N) is 1. The zero-order valence-electron chi connectivity index (χ0n) is 13.4. The molecule has 0 aromatic heterocycles. The van der Waals surface area contributed by atoms with Gasteiger partial charge >= 0.3 is 0 Å². The standard InChI is InChI=1S/C17H25FN2O/c1-12(10-19-17(2,3)4)11-20-15-7-6-14(18)9-13(15)5-8-16(20)21/h6-7,9,12,19H,5,8,10-11H2,1-4H3. The number of amides is 1. The van der Waals surface area contributed by atoms with Gasteiger partial charge in [-0.1, -0.05) is 6.92 Å². The maximum atomic E-state index is 13.3. The highest BCUT2D eigenvalue weighted by molar-refractivity contribution is 5.96. The summed E-state index contributed by atoms with van der Waals surface area (Å²) in [6.45, 7) is 10.0. The smallest absolute Gasteiger partial charge is 0.227 e. The van der Waals surface area contributed by atoms with Crippen molar-refractivity contribution < 1.29 is 9.18 Å². The van der Waals surface area contributed by atoms with E-state index in [-0.39, 0.29) is 17.3 Å². The van der Waals surface area contributed by atoms with Gasteiger partial charge in [-0.2, -0.15) is 0 Å². The van der Waals surface area contributed by atoms with Gasteiger partial charge in [-0.3, -0.25) is 4.79 Å². The van der Waals surface area contributed by atoms with Crippen LogP contribution in [0.1, 0.15) is 39.7 Å². The van der Waals surface area contributed by atoms with E-state index in [2.05, 4.69) is 33.0 Å². The van der Waals surface area contributed by atoms with Crippen LogP contribution in [0.4, 0.5) is 10.1 Å². The summed E-state index contributed by atoms with van der Waals surface area (Å²) in [5, 5.41) is 3.46. The predicted octanol–water partition coefficient (Wildman–Crippen LogP) is 3.13. The molecule has 116 valence electrons. The average Bonchev–Trinajstić information content (AvgIpc) is 2.39. The van der Waals surface area contributed by atoms with Gasteiger partial charge in [0.25, 0.3) is 0 Å². The fourth-order valence-corrected chi connectivity index (χ4v) is 2.59.